The van der Waals surface area contributed by atoms with Crippen molar-refractivity contribution in [1.29, 1.82) is 0 Å². The van der Waals surface area contributed by atoms with E-state index in [4.69, 9.17) is 13.9 Å². The third kappa shape index (κ3) is 4.28. The summed E-state index contributed by atoms with van der Waals surface area (Å²) in [5, 5.41) is 11.3. The van der Waals surface area contributed by atoms with Crippen LogP contribution in [0.15, 0.2) is 99.5 Å². The van der Waals surface area contributed by atoms with Gasteiger partial charge in [-0.05, 0) is 68.2 Å². The quantitative estimate of drug-likeness (QED) is 0.161. The molecule has 1 N–H and O–H groups in total. The number of nitrogens with zero attached hydrogens (tertiary/aromatic N) is 2. The van der Waals surface area contributed by atoms with Crippen molar-refractivity contribution in [2.45, 2.75) is 25.7 Å². The van der Waals surface area contributed by atoms with Crippen LogP contribution in [0.2, 0.25) is 0 Å². The average molecular weight is 643 g/mol. The summed E-state index contributed by atoms with van der Waals surface area (Å²) in [5.41, 5.74) is 4.37. The van der Waals surface area contributed by atoms with Crippen molar-refractivity contribution in [3.63, 3.8) is 0 Å². The summed E-state index contributed by atoms with van der Waals surface area (Å²) in [6.07, 6.45) is 3.60. The second-order valence-electron chi connectivity index (χ2n) is 12.5. The van der Waals surface area contributed by atoms with E-state index in [1.807, 2.05) is 30.3 Å². The Bertz CT molecular complexity index is 2150. The predicted octanol–water partition coefficient (Wildman–Crippen LogP) is 5.85. The van der Waals surface area contributed by atoms with Crippen molar-refractivity contribution in [3.05, 3.63) is 101 Å². The lowest BCUT2D eigenvalue weighted by Crippen LogP contribution is -2.40. The van der Waals surface area contributed by atoms with Gasteiger partial charge < -0.3 is 19.0 Å². The molecule has 2 amide bonds. The van der Waals surface area contributed by atoms with Gasteiger partial charge in [0.2, 0.25) is 17.7 Å². The number of ether oxygens (including phenoxy) is 2. The number of aromatic nitrogens is 1. The molecule has 10 heteroatoms. The number of ketones is 2. The van der Waals surface area contributed by atoms with E-state index in [1.54, 1.807) is 37.3 Å². The number of aromatic hydroxyl groups is 1. The van der Waals surface area contributed by atoms with Crippen molar-refractivity contribution in [2.75, 3.05) is 19.1 Å². The van der Waals surface area contributed by atoms with Gasteiger partial charge in [-0.15, -0.1) is 0 Å². The Hall–Kier alpha value is -5.77. The van der Waals surface area contributed by atoms with Crippen LogP contribution in [-0.2, 0) is 19.2 Å². The highest BCUT2D eigenvalue weighted by Gasteiger charge is 2.57. The topological polar surface area (TPSA) is 136 Å². The molecule has 0 saturated carbocycles. The number of carbonyl (C=O) groups excluding carboxylic acids is 4. The van der Waals surface area contributed by atoms with Crippen LogP contribution in [-0.4, -0.2) is 47.7 Å². The smallest absolute Gasteiger partial charge is 0.238 e. The minimum Gasteiger partial charge on any atom is -0.507 e. The Labute approximate surface area is 275 Å². The Morgan fingerprint density at radius 1 is 0.938 bits per heavy atom. The summed E-state index contributed by atoms with van der Waals surface area (Å²) in [6, 6.07) is 17.4. The summed E-state index contributed by atoms with van der Waals surface area (Å²) in [4.78, 5) is 61.3. The molecule has 4 aliphatic rings. The fourth-order valence-corrected chi connectivity index (χ4v) is 7.88. The van der Waals surface area contributed by atoms with E-state index in [0.29, 0.717) is 50.8 Å². The van der Waals surface area contributed by atoms with E-state index >= 15 is 0 Å². The van der Waals surface area contributed by atoms with Gasteiger partial charge in [-0.2, -0.15) is 0 Å². The van der Waals surface area contributed by atoms with Crippen LogP contribution in [0.5, 0.6) is 17.2 Å². The van der Waals surface area contributed by atoms with Gasteiger partial charge in [0, 0.05) is 45.9 Å². The second kappa shape index (κ2) is 10.9. The van der Waals surface area contributed by atoms with Crippen molar-refractivity contribution >= 4 is 40.2 Å². The van der Waals surface area contributed by atoms with Gasteiger partial charge in [-0.1, -0.05) is 23.8 Å². The molecule has 2 heterocycles. The number of anilines is 1. The number of fused-ring (bicyclic) bond motifs is 4. The molecule has 1 aromatic heterocycles. The number of methoxy groups -OCH3 is 2. The monoisotopic (exact) mass is 642 g/mol. The molecule has 4 atom stereocenters. The minimum atomic E-state index is -0.867. The number of benzene rings is 3. The highest BCUT2D eigenvalue weighted by molar-refractivity contribution is 6.25. The highest BCUT2D eigenvalue weighted by atomic mass is 16.5. The normalized spacial score (nSPS) is 23.5. The molecule has 8 rings (SSSR count). The largest absolute Gasteiger partial charge is 0.507 e. The minimum absolute atomic E-state index is 0.122. The molecule has 0 spiro atoms. The van der Waals surface area contributed by atoms with E-state index in [0.717, 1.165) is 5.52 Å². The number of oxazole rings is 1. The molecule has 1 saturated heterocycles. The third-order valence-electron chi connectivity index (χ3n) is 10.1. The van der Waals surface area contributed by atoms with E-state index in [1.165, 1.54) is 31.3 Å². The predicted molar refractivity (Wildman–Crippen MR) is 174 cm³/mol. The maximum atomic E-state index is 14.3. The number of phenolic OH excluding ortho intramolecular Hbond substituents is 1. The maximum absolute atomic E-state index is 14.3. The number of para-hydroxylation sites is 2. The molecule has 1 fully saturated rings. The maximum Gasteiger partial charge on any atom is 0.238 e. The van der Waals surface area contributed by atoms with Gasteiger partial charge in [0.25, 0.3) is 0 Å². The van der Waals surface area contributed by atoms with Crippen LogP contribution < -0.4 is 14.4 Å². The number of carbonyl (C=O) groups is 4. The number of amides is 2. The zero-order chi connectivity index (χ0) is 33.4. The van der Waals surface area contributed by atoms with Crippen LogP contribution in [0.3, 0.4) is 0 Å². The molecular formula is C38H30N2O8. The van der Waals surface area contributed by atoms with Crippen molar-refractivity contribution in [1.82, 2.24) is 4.98 Å². The number of rotatable bonds is 5. The van der Waals surface area contributed by atoms with E-state index in [2.05, 4.69) is 4.98 Å². The fraction of sp³-hybridized carbons (Fsp3) is 0.237. The summed E-state index contributed by atoms with van der Waals surface area (Å²) in [5.74, 6) is -3.29. The van der Waals surface area contributed by atoms with Gasteiger partial charge in [0.05, 0.1) is 31.7 Å². The lowest BCUT2D eigenvalue weighted by Gasteiger charge is -2.42. The molecule has 3 aromatic carbocycles. The Kier molecular flexibility index (Phi) is 6.73. The number of hydrogen-bond donors (Lipinski definition) is 1. The van der Waals surface area contributed by atoms with Crippen LogP contribution in [0.4, 0.5) is 5.69 Å². The van der Waals surface area contributed by atoms with Gasteiger partial charge in [-0.3, -0.25) is 24.1 Å². The lowest BCUT2D eigenvalue weighted by molar-refractivity contribution is -0.123. The average Bonchev–Trinajstić information content (AvgIpc) is 3.64. The van der Waals surface area contributed by atoms with Crippen molar-refractivity contribution < 1.29 is 38.2 Å². The van der Waals surface area contributed by atoms with Crippen molar-refractivity contribution in [2.24, 2.45) is 17.8 Å². The Morgan fingerprint density at radius 3 is 2.44 bits per heavy atom. The summed E-state index contributed by atoms with van der Waals surface area (Å²) in [7, 11) is 2.91. The molecule has 3 aliphatic carbocycles. The summed E-state index contributed by atoms with van der Waals surface area (Å²) in [6.45, 7) is 1.59. The van der Waals surface area contributed by atoms with Crippen molar-refractivity contribution in [3.8, 4) is 28.7 Å². The number of allylic oxidation sites excluding steroid dienone is 6. The van der Waals surface area contributed by atoms with Gasteiger partial charge >= 0.3 is 0 Å². The van der Waals surface area contributed by atoms with Crippen LogP contribution in [0, 0.1) is 17.8 Å². The number of imide groups is 1. The molecule has 1 aliphatic heterocycles. The fourth-order valence-electron chi connectivity index (χ4n) is 7.88. The van der Waals surface area contributed by atoms with Gasteiger partial charge in [0.15, 0.2) is 17.1 Å². The molecule has 10 nitrogen and oxygen atoms in total. The second-order valence-corrected chi connectivity index (χ2v) is 12.5. The Balaban J connectivity index is 1.19. The van der Waals surface area contributed by atoms with E-state index in [9.17, 15) is 24.3 Å². The summed E-state index contributed by atoms with van der Waals surface area (Å²) < 4.78 is 16.9. The molecule has 4 aromatic rings. The molecule has 240 valence electrons. The Morgan fingerprint density at radius 2 is 1.71 bits per heavy atom. The van der Waals surface area contributed by atoms with E-state index < -0.39 is 23.7 Å². The molecule has 0 radical (unpaired) electrons. The molecule has 0 bridgehead atoms. The van der Waals surface area contributed by atoms with Gasteiger partial charge in [0.1, 0.15) is 22.8 Å². The first-order chi connectivity index (χ1) is 23.2. The van der Waals surface area contributed by atoms with E-state index in [-0.39, 0.29) is 53.3 Å². The first-order valence-electron chi connectivity index (χ1n) is 15.7. The highest BCUT2D eigenvalue weighted by Crippen LogP contribution is 2.58. The zero-order valence-electron chi connectivity index (χ0n) is 26.4. The molecule has 48 heavy (non-hydrogen) atoms. The molecule has 4 unspecified atom stereocenters. The van der Waals surface area contributed by atoms with Gasteiger partial charge in [-0.25, -0.2) is 4.98 Å². The zero-order valence-corrected chi connectivity index (χ0v) is 26.4. The molecular weight excluding hydrogens is 612 g/mol. The third-order valence-corrected chi connectivity index (χ3v) is 10.1. The van der Waals surface area contributed by atoms with Crippen LogP contribution in [0.25, 0.3) is 22.6 Å². The number of phenols is 1. The lowest BCUT2D eigenvalue weighted by atomic mass is 9.59. The SMILES string of the molecule is COc1cc(O)c(C2C3=CCC4C(=O)N(c5ccc(-c6nc7ccccc7o6)cc5)C(=O)C4C3CC3=C2C(=O)C=C(C)C3=O)c(OC)c1. The first-order valence-corrected chi connectivity index (χ1v) is 15.7. The first kappa shape index (κ1) is 29.6. The van der Waals surface area contributed by atoms with Crippen LogP contribution in [0.1, 0.15) is 31.2 Å². The number of Topliss-reactive ketones (excluding diaryl/α,β-unsaturated/α-hetero) is 1. The standard InChI is InChI=1S/C38H30N2O8/c1-18-14-27(41)32-25(35(18)43)17-24-22(33(32)34-28(42)15-21(46-2)16-30(34)47-3)12-13-23-31(24)38(45)40(37(23)44)20-10-8-19(9-11-20)36-39-26-6-4-5-7-29(26)48-36/h4-12,14-16,23-24,31,33,42H,13,17H2,1-3H3. The number of hydrogen-bond acceptors (Lipinski definition) is 9. The van der Waals surface area contributed by atoms with Crippen LogP contribution >= 0.6 is 0 Å². The summed E-state index contributed by atoms with van der Waals surface area (Å²) >= 11 is 0.